The molecule has 1 aromatic carbocycles. The number of carbonyl (C=O) groups is 1. The zero-order chi connectivity index (χ0) is 16.1. The maximum Gasteiger partial charge on any atom is 0.266 e. The molecular weight excluding hydrogens is 278 g/mol. The lowest BCUT2D eigenvalue weighted by Crippen LogP contribution is -2.26. The molecule has 5 nitrogen and oxygen atoms in total. The molecule has 0 radical (unpaired) electrons. The first-order chi connectivity index (χ1) is 10.5. The molecule has 22 heavy (non-hydrogen) atoms. The van der Waals surface area contributed by atoms with Gasteiger partial charge in [0.05, 0.1) is 5.56 Å². The van der Waals surface area contributed by atoms with Crippen molar-refractivity contribution in [2.45, 2.75) is 26.8 Å². The Hall–Kier alpha value is -2.87. The van der Waals surface area contributed by atoms with Crippen LogP contribution in [0.3, 0.4) is 0 Å². The molecular formula is C17H17N3O2. The van der Waals surface area contributed by atoms with E-state index in [4.69, 9.17) is 5.26 Å². The van der Waals surface area contributed by atoms with Crippen LogP contribution in [0.1, 0.15) is 39.7 Å². The van der Waals surface area contributed by atoms with Crippen LogP contribution in [-0.4, -0.2) is 10.9 Å². The van der Waals surface area contributed by atoms with Crippen molar-refractivity contribution < 1.29 is 4.79 Å². The minimum atomic E-state index is -0.463. The number of aryl methyl sites for hydroxylation is 2. The summed E-state index contributed by atoms with van der Waals surface area (Å²) in [6.45, 7) is 4.23. The van der Waals surface area contributed by atoms with E-state index >= 15 is 0 Å². The van der Waals surface area contributed by atoms with Crippen LogP contribution in [0.4, 0.5) is 0 Å². The first-order valence-electron chi connectivity index (χ1n) is 7.05. The van der Waals surface area contributed by atoms with Gasteiger partial charge in [0.25, 0.3) is 11.5 Å². The molecule has 5 heteroatoms. The Morgan fingerprint density at radius 2 is 2.00 bits per heavy atom. The number of amides is 1. The number of pyridine rings is 1. The van der Waals surface area contributed by atoms with Crippen LogP contribution in [-0.2, 0) is 13.0 Å². The van der Waals surface area contributed by atoms with Gasteiger partial charge in [-0.05, 0) is 25.0 Å². The number of nitrogens with one attached hydrogen (secondary N) is 2. The van der Waals surface area contributed by atoms with E-state index < -0.39 is 5.56 Å². The fraction of sp³-hybridized carbons (Fsp3) is 0.235. The van der Waals surface area contributed by atoms with E-state index in [2.05, 4.69) is 10.3 Å². The van der Waals surface area contributed by atoms with Crippen molar-refractivity contribution in [3.63, 3.8) is 0 Å². The second-order valence-corrected chi connectivity index (χ2v) is 5.04. The zero-order valence-corrected chi connectivity index (χ0v) is 12.6. The van der Waals surface area contributed by atoms with Gasteiger partial charge >= 0.3 is 0 Å². The van der Waals surface area contributed by atoms with Gasteiger partial charge in [-0.1, -0.05) is 36.8 Å². The van der Waals surface area contributed by atoms with Gasteiger partial charge in [-0.25, -0.2) is 0 Å². The quantitative estimate of drug-likeness (QED) is 0.905. The summed E-state index contributed by atoms with van der Waals surface area (Å²) < 4.78 is 0. The smallest absolute Gasteiger partial charge is 0.266 e. The van der Waals surface area contributed by atoms with E-state index in [-0.39, 0.29) is 11.5 Å². The van der Waals surface area contributed by atoms with Gasteiger partial charge in [0.15, 0.2) is 0 Å². The maximum atomic E-state index is 12.3. The van der Waals surface area contributed by atoms with E-state index in [9.17, 15) is 9.59 Å². The molecule has 0 unspecified atom stereocenters. The summed E-state index contributed by atoms with van der Waals surface area (Å²) in [5.41, 5.74) is 2.49. The molecule has 0 aliphatic rings. The zero-order valence-electron chi connectivity index (χ0n) is 12.6. The van der Waals surface area contributed by atoms with Crippen molar-refractivity contribution >= 4 is 5.91 Å². The highest BCUT2D eigenvalue weighted by molar-refractivity contribution is 5.95. The first kappa shape index (κ1) is 15.5. The van der Waals surface area contributed by atoms with Gasteiger partial charge in [0, 0.05) is 12.2 Å². The fourth-order valence-corrected chi connectivity index (χ4v) is 2.12. The Bertz CT molecular complexity index is 783. The number of aromatic nitrogens is 1. The first-order valence-corrected chi connectivity index (χ1v) is 7.05. The average Bonchev–Trinajstić information content (AvgIpc) is 2.53. The highest BCUT2D eigenvalue weighted by atomic mass is 16.1. The second-order valence-electron chi connectivity index (χ2n) is 5.04. The molecule has 2 N–H and O–H groups in total. The van der Waals surface area contributed by atoms with Gasteiger partial charge in [-0.3, -0.25) is 9.59 Å². The summed E-state index contributed by atoms with van der Waals surface area (Å²) in [6, 6.07) is 11.0. The normalized spacial score (nSPS) is 10.0. The van der Waals surface area contributed by atoms with Crippen LogP contribution in [0.25, 0.3) is 0 Å². The highest BCUT2D eigenvalue weighted by Gasteiger charge is 2.14. The molecule has 0 atom stereocenters. The minimum Gasteiger partial charge on any atom is -0.348 e. The average molecular weight is 295 g/mol. The number of nitrogens with zero attached hydrogens (tertiary/aromatic N) is 1. The van der Waals surface area contributed by atoms with Gasteiger partial charge in [0.1, 0.15) is 11.6 Å². The van der Waals surface area contributed by atoms with Crippen molar-refractivity contribution in [2.24, 2.45) is 0 Å². The SMILES string of the molecule is CCc1[nH]c(=O)c(C#N)cc1C(=O)NCc1ccc(C)cc1. The molecule has 2 aromatic rings. The van der Waals surface area contributed by atoms with E-state index in [1.165, 1.54) is 6.07 Å². The molecule has 0 fully saturated rings. The number of rotatable bonds is 4. The third kappa shape index (κ3) is 3.41. The standard InChI is InChI=1S/C17H17N3O2/c1-3-15-14(8-13(9-18)16(21)20-15)17(22)19-10-12-6-4-11(2)5-7-12/h4-8H,3,10H2,1-2H3,(H,19,22)(H,20,21). The van der Waals surface area contributed by atoms with Crippen LogP contribution in [0.15, 0.2) is 35.1 Å². The number of carbonyl (C=O) groups excluding carboxylic acids is 1. The topological polar surface area (TPSA) is 85.8 Å². The Morgan fingerprint density at radius 3 is 2.59 bits per heavy atom. The Labute approximate surface area is 128 Å². The summed E-state index contributed by atoms with van der Waals surface area (Å²) >= 11 is 0. The van der Waals surface area contributed by atoms with Crippen LogP contribution >= 0.6 is 0 Å². The molecule has 0 aliphatic carbocycles. The van der Waals surface area contributed by atoms with Crippen molar-refractivity contribution in [1.29, 1.82) is 5.26 Å². The predicted octanol–water partition coefficient (Wildman–Crippen LogP) is 2.05. The van der Waals surface area contributed by atoms with Gasteiger partial charge < -0.3 is 10.3 Å². The fourth-order valence-electron chi connectivity index (χ4n) is 2.12. The molecule has 0 saturated carbocycles. The van der Waals surface area contributed by atoms with Crippen molar-refractivity contribution in [1.82, 2.24) is 10.3 Å². The summed E-state index contributed by atoms with van der Waals surface area (Å²) in [7, 11) is 0. The number of hydrogen-bond donors (Lipinski definition) is 2. The monoisotopic (exact) mass is 295 g/mol. The maximum absolute atomic E-state index is 12.3. The largest absolute Gasteiger partial charge is 0.348 e. The summed E-state index contributed by atoms with van der Waals surface area (Å²) in [5.74, 6) is -0.301. The van der Waals surface area contributed by atoms with Crippen LogP contribution in [0.2, 0.25) is 0 Å². The van der Waals surface area contributed by atoms with Crippen LogP contribution in [0.5, 0.6) is 0 Å². The van der Waals surface area contributed by atoms with Crippen molar-refractivity contribution in [3.05, 3.63) is 68.6 Å². The third-order valence-electron chi connectivity index (χ3n) is 3.42. The highest BCUT2D eigenvalue weighted by Crippen LogP contribution is 2.08. The molecule has 112 valence electrons. The number of aromatic amines is 1. The van der Waals surface area contributed by atoms with E-state index in [0.29, 0.717) is 24.2 Å². The molecule has 1 amide bonds. The lowest BCUT2D eigenvalue weighted by Gasteiger charge is -2.09. The molecule has 2 rings (SSSR count). The molecule has 1 aromatic heterocycles. The van der Waals surface area contributed by atoms with E-state index in [1.54, 1.807) is 6.07 Å². The van der Waals surface area contributed by atoms with Crippen LogP contribution in [0, 0.1) is 18.3 Å². The Balaban J connectivity index is 2.20. The number of nitriles is 1. The summed E-state index contributed by atoms with van der Waals surface area (Å²) in [4.78, 5) is 26.5. The summed E-state index contributed by atoms with van der Waals surface area (Å²) in [6.07, 6.45) is 0.508. The number of H-pyrrole nitrogens is 1. The van der Waals surface area contributed by atoms with E-state index in [0.717, 1.165) is 11.1 Å². The van der Waals surface area contributed by atoms with Gasteiger partial charge in [-0.15, -0.1) is 0 Å². The van der Waals surface area contributed by atoms with Crippen molar-refractivity contribution in [3.8, 4) is 6.07 Å². The number of benzene rings is 1. The van der Waals surface area contributed by atoms with Crippen molar-refractivity contribution in [2.75, 3.05) is 0 Å². The molecule has 0 saturated heterocycles. The lowest BCUT2D eigenvalue weighted by molar-refractivity contribution is 0.0949. The Kier molecular flexibility index (Phi) is 4.74. The van der Waals surface area contributed by atoms with Crippen LogP contribution < -0.4 is 10.9 Å². The van der Waals surface area contributed by atoms with Gasteiger partial charge in [-0.2, -0.15) is 5.26 Å². The van der Waals surface area contributed by atoms with Gasteiger partial charge in [0.2, 0.25) is 0 Å². The van der Waals surface area contributed by atoms with E-state index in [1.807, 2.05) is 38.1 Å². The number of hydrogen-bond acceptors (Lipinski definition) is 3. The summed E-state index contributed by atoms with van der Waals surface area (Å²) in [5, 5.41) is 11.7. The Morgan fingerprint density at radius 1 is 1.32 bits per heavy atom. The third-order valence-corrected chi connectivity index (χ3v) is 3.42. The molecule has 0 aliphatic heterocycles. The molecule has 0 bridgehead atoms. The molecule has 1 heterocycles. The minimum absolute atomic E-state index is 0.0577. The second kappa shape index (κ2) is 6.72. The molecule has 0 spiro atoms. The predicted molar refractivity (Wildman–Crippen MR) is 83.5 cm³/mol. The lowest BCUT2D eigenvalue weighted by atomic mass is 10.1.